The van der Waals surface area contributed by atoms with Gasteiger partial charge in [-0.15, -0.1) is 0 Å². The molecule has 2 rings (SSSR count). The van der Waals surface area contributed by atoms with Crippen molar-refractivity contribution in [1.29, 1.82) is 0 Å². The number of aryl methyl sites for hydroxylation is 2. The average molecular weight is 345 g/mol. The second-order valence-corrected chi connectivity index (χ2v) is 7.13. The van der Waals surface area contributed by atoms with Crippen molar-refractivity contribution >= 4 is 5.91 Å². The minimum absolute atomic E-state index is 0.179. The third-order valence-electron chi connectivity index (χ3n) is 4.56. The van der Waals surface area contributed by atoms with Crippen LogP contribution in [0.5, 0.6) is 0 Å². The number of rotatable bonds is 6. The number of nitrogens with zero attached hydrogens (tertiary/aromatic N) is 3. The van der Waals surface area contributed by atoms with Gasteiger partial charge in [0.1, 0.15) is 0 Å². The van der Waals surface area contributed by atoms with E-state index < -0.39 is 5.41 Å². The van der Waals surface area contributed by atoms with Crippen LogP contribution >= 0.6 is 0 Å². The summed E-state index contributed by atoms with van der Waals surface area (Å²) in [5, 5.41) is 23.3. The van der Waals surface area contributed by atoms with Crippen molar-refractivity contribution in [3.05, 3.63) is 46.8 Å². The van der Waals surface area contributed by atoms with Crippen molar-refractivity contribution < 1.29 is 15.0 Å². The number of amides is 1. The van der Waals surface area contributed by atoms with E-state index in [0.717, 1.165) is 22.5 Å². The Kier molecular flexibility index (Phi) is 5.65. The zero-order valence-electron chi connectivity index (χ0n) is 15.6. The molecule has 0 aliphatic rings. The normalized spacial score (nSPS) is 11.6. The summed E-state index contributed by atoms with van der Waals surface area (Å²) in [4.78, 5) is 14.3. The van der Waals surface area contributed by atoms with Crippen LogP contribution in [0.15, 0.2) is 24.4 Å². The first kappa shape index (κ1) is 19.1. The highest BCUT2D eigenvalue weighted by molar-refractivity contribution is 5.95. The Balaban J connectivity index is 2.31. The van der Waals surface area contributed by atoms with E-state index in [9.17, 15) is 15.0 Å². The Labute approximate surface area is 148 Å². The van der Waals surface area contributed by atoms with Crippen LogP contribution in [0.2, 0.25) is 0 Å². The van der Waals surface area contributed by atoms with Crippen LogP contribution in [0.1, 0.15) is 34.1 Å². The topological polar surface area (TPSA) is 78.6 Å². The predicted octanol–water partition coefficient (Wildman–Crippen LogP) is 1.86. The minimum Gasteiger partial charge on any atom is -0.396 e. The molecule has 0 atom stereocenters. The van der Waals surface area contributed by atoms with Crippen molar-refractivity contribution in [2.45, 2.75) is 27.7 Å². The molecule has 6 nitrogen and oxygen atoms in total. The van der Waals surface area contributed by atoms with Crippen LogP contribution in [0.25, 0.3) is 5.69 Å². The molecule has 0 aliphatic carbocycles. The van der Waals surface area contributed by atoms with E-state index >= 15 is 0 Å². The molecule has 25 heavy (non-hydrogen) atoms. The molecule has 0 spiro atoms. The summed E-state index contributed by atoms with van der Waals surface area (Å²) in [6.45, 7) is 7.51. The number of aliphatic hydroxyl groups is 2. The third-order valence-corrected chi connectivity index (χ3v) is 4.56. The Morgan fingerprint density at radius 2 is 1.88 bits per heavy atom. The maximum absolute atomic E-state index is 12.8. The lowest BCUT2D eigenvalue weighted by molar-refractivity contribution is 0.0366. The minimum atomic E-state index is -0.735. The number of aliphatic hydroxyl groups excluding tert-OH is 2. The van der Waals surface area contributed by atoms with E-state index in [0.29, 0.717) is 5.56 Å². The van der Waals surface area contributed by atoms with Gasteiger partial charge in [-0.3, -0.25) is 4.79 Å². The Morgan fingerprint density at radius 3 is 2.48 bits per heavy atom. The van der Waals surface area contributed by atoms with Gasteiger partial charge in [0.15, 0.2) is 0 Å². The number of hydrogen-bond donors (Lipinski definition) is 2. The summed E-state index contributed by atoms with van der Waals surface area (Å²) >= 11 is 0. The maximum atomic E-state index is 12.8. The van der Waals surface area contributed by atoms with Crippen molar-refractivity contribution in [3.63, 3.8) is 0 Å². The zero-order chi connectivity index (χ0) is 18.8. The van der Waals surface area contributed by atoms with E-state index in [1.54, 1.807) is 24.9 Å². The van der Waals surface area contributed by atoms with Crippen LogP contribution in [-0.2, 0) is 0 Å². The highest BCUT2D eigenvalue weighted by Crippen LogP contribution is 2.21. The van der Waals surface area contributed by atoms with Crippen molar-refractivity contribution in [1.82, 2.24) is 14.7 Å². The Morgan fingerprint density at radius 1 is 1.24 bits per heavy atom. The smallest absolute Gasteiger partial charge is 0.257 e. The van der Waals surface area contributed by atoms with Gasteiger partial charge in [-0.05, 0) is 38.0 Å². The Hall–Kier alpha value is -2.18. The van der Waals surface area contributed by atoms with Gasteiger partial charge in [-0.25, -0.2) is 4.68 Å². The number of carbonyl (C=O) groups excluding carboxylic acids is 1. The molecule has 2 N–H and O–H groups in total. The van der Waals surface area contributed by atoms with Crippen LogP contribution in [-0.4, -0.2) is 57.6 Å². The average Bonchev–Trinajstić information content (AvgIpc) is 2.97. The van der Waals surface area contributed by atoms with Gasteiger partial charge >= 0.3 is 0 Å². The van der Waals surface area contributed by atoms with E-state index in [1.165, 1.54) is 4.90 Å². The standard InChI is InChI=1S/C19H27N3O3/c1-13-6-7-14(2)17(8-13)22-15(3)16(9-20-22)18(25)21(5)10-19(4,11-23)12-24/h6-9,23-24H,10-12H2,1-5H3. The fourth-order valence-electron chi connectivity index (χ4n) is 2.81. The van der Waals surface area contributed by atoms with Gasteiger partial charge in [0, 0.05) is 19.0 Å². The molecule has 1 aromatic heterocycles. The Bertz CT molecular complexity index is 763. The number of aromatic nitrogens is 2. The largest absolute Gasteiger partial charge is 0.396 e. The first-order valence-corrected chi connectivity index (χ1v) is 8.32. The molecule has 1 heterocycles. The van der Waals surface area contributed by atoms with Crippen molar-refractivity contribution in [3.8, 4) is 5.69 Å². The van der Waals surface area contributed by atoms with Crippen LogP contribution in [0.4, 0.5) is 0 Å². The van der Waals surface area contributed by atoms with Gasteiger partial charge in [0.2, 0.25) is 0 Å². The molecule has 6 heteroatoms. The lowest BCUT2D eigenvalue weighted by atomic mass is 9.92. The molecule has 1 aromatic carbocycles. The number of benzene rings is 1. The van der Waals surface area contributed by atoms with Gasteiger partial charge in [-0.2, -0.15) is 5.10 Å². The summed E-state index contributed by atoms with van der Waals surface area (Å²) in [6.07, 6.45) is 1.57. The maximum Gasteiger partial charge on any atom is 0.257 e. The SMILES string of the molecule is Cc1ccc(C)c(-n2ncc(C(=O)N(C)CC(C)(CO)CO)c2C)c1. The third kappa shape index (κ3) is 3.91. The monoisotopic (exact) mass is 345 g/mol. The van der Waals surface area contributed by atoms with Crippen molar-refractivity contribution in [2.75, 3.05) is 26.8 Å². The molecule has 0 saturated heterocycles. The molecule has 0 aliphatic heterocycles. The molecule has 0 unspecified atom stereocenters. The molecule has 2 aromatic rings. The molecule has 136 valence electrons. The first-order chi connectivity index (χ1) is 11.7. The summed E-state index contributed by atoms with van der Waals surface area (Å²) in [6, 6.07) is 6.12. The summed E-state index contributed by atoms with van der Waals surface area (Å²) in [5.41, 5.74) is 3.71. The lowest BCUT2D eigenvalue weighted by Gasteiger charge is -2.30. The molecule has 0 radical (unpaired) electrons. The summed E-state index contributed by atoms with van der Waals surface area (Å²) in [5.74, 6) is -0.179. The first-order valence-electron chi connectivity index (χ1n) is 8.32. The van der Waals surface area contributed by atoms with E-state index in [-0.39, 0.29) is 25.7 Å². The second-order valence-electron chi connectivity index (χ2n) is 7.13. The van der Waals surface area contributed by atoms with Crippen molar-refractivity contribution in [2.24, 2.45) is 5.41 Å². The zero-order valence-corrected chi connectivity index (χ0v) is 15.6. The fraction of sp³-hybridized carbons (Fsp3) is 0.474. The highest BCUT2D eigenvalue weighted by Gasteiger charge is 2.28. The number of carbonyl (C=O) groups is 1. The molecule has 0 saturated carbocycles. The van der Waals surface area contributed by atoms with E-state index in [1.807, 2.05) is 39.0 Å². The van der Waals surface area contributed by atoms with Crippen LogP contribution in [0, 0.1) is 26.2 Å². The predicted molar refractivity (Wildman–Crippen MR) is 97.0 cm³/mol. The van der Waals surface area contributed by atoms with Gasteiger partial charge in [-0.1, -0.05) is 19.1 Å². The van der Waals surface area contributed by atoms with Crippen LogP contribution in [0.3, 0.4) is 0 Å². The molecular formula is C19H27N3O3. The molecule has 0 bridgehead atoms. The van der Waals surface area contributed by atoms with Gasteiger partial charge in [0.25, 0.3) is 5.91 Å². The van der Waals surface area contributed by atoms with E-state index in [2.05, 4.69) is 5.10 Å². The summed E-state index contributed by atoms with van der Waals surface area (Å²) < 4.78 is 1.78. The molecule has 1 amide bonds. The molecular weight excluding hydrogens is 318 g/mol. The quantitative estimate of drug-likeness (QED) is 0.838. The summed E-state index contributed by atoms with van der Waals surface area (Å²) in [7, 11) is 1.67. The fourth-order valence-corrected chi connectivity index (χ4v) is 2.81. The van der Waals surface area contributed by atoms with Gasteiger partial charge < -0.3 is 15.1 Å². The van der Waals surface area contributed by atoms with Gasteiger partial charge in [0.05, 0.1) is 36.4 Å². The second kappa shape index (κ2) is 7.37. The van der Waals surface area contributed by atoms with E-state index in [4.69, 9.17) is 0 Å². The van der Waals surface area contributed by atoms with Crippen LogP contribution < -0.4 is 0 Å². The lowest BCUT2D eigenvalue weighted by Crippen LogP contribution is -2.41. The number of hydrogen-bond acceptors (Lipinski definition) is 4. The molecule has 0 fully saturated rings. The highest BCUT2D eigenvalue weighted by atomic mass is 16.3.